The Morgan fingerprint density at radius 1 is 0.226 bits per heavy atom. The molecule has 0 heterocycles. The van der Waals surface area contributed by atoms with Crippen molar-refractivity contribution in [2.45, 2.75) is 0 Å². The highest BCUT2D eigenvalue weighted by Gasteiger charge is 2.17. The minimum atomic E-state index is 1.11. The zero-order valence-corrected chi connectivity index (χ0v) is 29.2. The summed E-state index contributed by atoms with van der Waals surface area (Å²) in [4.78, 5) is 2.36. The lowest BCUT2D eigenvalue weighted by Crippen LogP contribution is -2.09. The second-order valence-corrected chi connectivity index (χ2v) is 13.7. The average molecular weight is 674 g/mol. The summed E-state index contributed by atoms with van der Waals surface area (Å²) in [7, 11) is 0. The predicted molar refractivity (Wildman–Crippen MR) is 227 cm³/mol. The Balaban J connectivity index is 1.11. The molecule has 248 valence electrons. The van der Waals surface area contributed by atoms with Crippen LogP contribution in [-0.2, 0) is 0 Å². The lowest BCUT2D eigenvalue weighted by atomic mass is 9.87. The normalized spacial score (nSPS) is 11.4. The van der Waals surface area contributed by atoms with Crippen molar-refractivity contribution >= 4 is 60.2 Å². The predicted octanol–water partition coefficient (Wildman–Crippen LogP) is 14.8. The second-order valence-electron chi connectivity index (χ2n) is 13.7. The van der Waals surface area contributed by atoms with Crippen molar-refractivity contribution in [1.29, 1.82) is 0 Å². The maximum atomic E-state index is 2.41. The van der Waals surface area contributed by atoms with Crippen LogP contribution in [0.2, 0.25) is 0 Å². The van der Waals surface area contributed by atoms with E-state index in [9.17, 15) is 0 Å². The molecular weight excluding hydrogens is 639 g/mol. The van der Waals surface area contributed by atoms with Gasteiger partial charge in [0.25, 0.3) is 0 Å². The summed E-state index contributed by atoms with van der Waals surface area (Å²) < 4.78 is 0. The minimum Gasteiger partial charge on any atom is -0.310 e. The first-order valence-electron chi connectivity index (χ1n) is 18.3. The molecule has 0 atom stereocenters. The Hall–Kier alpha value is -6.96. The summed E-state index contributed by atoms with van der Waals surface area (Å²) in [6, 6.07) is 77.2. The first-order valence-corrected chi connectivity index (χ1v) is 18.3. The monoisotopic (exact) mass is 673 g/mol. The van der Waals surface area contributed by atoms with Gasteiger partial charge in [0.15, 0.2) is 0 Å². The van der Waals surface area contributed by atoms with Gasteiger partial charge in [0.1, 0.15) is 0 Å². The molecule has 0 aliphatic rings. The maximum absolute atomic E-state index is 2.41. The number of fused-ring (bicyclic) bond motifs is 6. The fourth-order valence-corrected chi connectivity index (χ4v) is 8.16. The fraction of sp³-hybridized carbons (Fsp3) is 0. The third kappa shape index (κ3) is 5.42. The van der Waals surface area contributed by atoms with Gasteiger partial charge in [0, 0.05) is 17.1 Å². The van der Waals surface area contributed by atoms with E-state index < -0.39 is 0 Å². The number of rotatable bonds is 6. The largest absolute Gasteiger partial charge is 0.310 e. The molecule has 0 aromatic heterocycles. The van der Waals surface area contributed by atoms with Gasteiger partial charge in [-0.3, -0.25) is 0 Å². The van der Waals surface area contributed by atoms with E-state index in [2.05, 4.69) is 217 Å². The van der Waals surface area contributed by atoms with Gasteiger partial charge >= 0.3 is 0 Å². The van der Waals surface area contributed by atoms with Crippen molar-refractivity contribution in [3.8, 4) is 33.4 Å². The lowest BCUT2D eigenvalue weighted by molar-refractivity contribution is 1.28. The van der Waals surface area contributed by atoms with Crippen LogP contribution in [0.25, 0.3) is 76.5 Å². The van der Waals surface area contributed by atoms with Gasteiger partial charge in [0.2, 0.25) is 0 Å². The van der Waals surface area contributed by atoms with Gasteiger partial charge in [-0.2, -0.15) is 0 Å². The van der Waals surface area contributed by atoms with Gasteiger partial charge in [-0.1, -0.05) is 170 Å². The van der Waals surface area contributed by atoms with Crippen molar-refractivity contribution in [2.24, 2.45) is 0 Å². The first kappa shape index (κ1) is 30.8. The Kier molecular flexibility index (Phi) is 7.55. The smallest absolute Gasteiger partial charge is 0.0467 e. The molecule has 1 nitrogen and oxygen atoms in total. The molecule has 0 saturated heterocycles. The molecule has 0 aliphatic heterocycles. The van der Waals surface area contributed by atoms with Gasteiger partial charge in [0.05, 0.1) is 0 Å². The summed E-state index contributed by atoms with van der Waals surface area (Å²) >= 11 is 0. The van der Waals surface area contributed by atoms with E-state index in [-0.39, 0.29) is 0 Å². The molecule has 0 amide bonds. The minimum absolute atomic E-state index is 1.11. The highest BCUT2D eigenvalue weighted by Crippen LogP contribution is 2.43. The molecule has 10 rings (SSSR count). The molecule has 10 aromatic carbocycles. The van der Waals surface area contributed by atoms with E-state index in [1.165, 1.54) is 76.5 Å². The van der Waals surface area contributed by atoms with E-state index in [0.29, 0.717) is 0 Å². The summed E-state index contributed by atoms with van der Waals surface area (Å²) in [5.41, 5.74) is 10.6. The van der Waals surface area contributed by atoms with E-state index in [4.69, 9.17) is 0 Å². The number of anilines is 3. The molecule has 1 heteroatoms. The Morgan fingerprint density at radius 2 is 0.774 bits per heavy atom. The Labute approximate surface area is 309 Å². The molecular formula is C52H35N. The third-order valence-corrected chi connectivity index (χ3v) is 10.6. The summed E-state index contributed by atoms with van der Waals surface area (Å²) in [6.07, 6.45) is 0. The first-order chi connectivity index (χ1) is 26.3. The quantitative estimate of drug-likeness (QED) is 0.159. The highest BCUT2D eigenvalue weighted by atomic mass is 15.1. The second kappa shape index (κ2) is 13.0. The molecule has 53 heavy (non-hydrogen) atoms. The van der Waals surface area contributed by atoms with Crippen molar-refractivity contribution in [3.05, 3.63) is 212 Å². The maximum Gasteiger partial charge on any atom is 0.0467 e. The van der Waals surface area contributed by atoms with Gasteiger partial charge in [-0.15, -0.1) is 0 Å². The van der Waals surface area contributed by atoms with Crippen molar-refractivity contribution in [3.63, 3.8) is 0 Å². The Morgan fingerprint density at radius 3 is 1.58 bits per heavy atom. The SMILES string of the molecule is c1ccc(N(c2ccc(-c3cccc4ccccc34)cc2)c2cccc(-c3ccccc3-c3cc4c5ccccc5ccc4c4ccccc34)c2)cc1. The number of para-hydroxylation sites is 1. The van der Waals surface area contributed by atoms with E-state index in [1.54, 1.807) is 0 Å². The number of hydrogen-bond acceptors (Lipinski definition) is 1. The zero-order chi connectivity index (χ0) is 35.1. The van der Waals surface area contributed by atoms with Crippen LogP contribution < -0.4 is 4.90 Å². The van der Waals surface area contributed by atoms with Crippen molar-refractivity contribution < 1.29 is 0 Å². The van der Waals surface area contributed by atoms with E-state index in [1.807, 2.05) is 0 Å². The van der Waals surface area contributed by atoms with Crippen LogP contribution in [0.5, 0.6) is 0 Å². The molecule has 0 bridgehead atoms. The van der Waals surface area contributed by atoms with Crippen LogP contribution in [0.3, 0.4) is 0 Å². The molecule has 10 aromatic rings. The van der Waals surface area contributed by atoms with Crippen molar-refractivity contribution in [2.75, 3.05) is 4.90 Å². The van der Waals surface area contributed by atoms with Gasteiger partial charge in [-0.25, -0.2) is 0 Å². The molecule has 0 fully saturated rings. The van der Waals surface area contributed by atoms with Crippen molar-refractivity contribution in [1.82, 2.24) is 0 Å². The standard InChI is InChI=1S/C52H35N/c1-2-18-40(19-3-1)53(41-31-28-38(29-32-41)44-27-13-16-36-14-4-6-21-43(36)44)42-20-12-17-39(34-42)46-23-8-9-24-47(46)52-35-51-45-22-7-5-15-37(45)30-33-50(51)48-25-10-11-26-49(48)52/h1-35H. The van der Waals surface area contributed by atoms with Crippen LogP contribution >= 0.6 is 0 Å². The molecule has 0 saturated carbocycles. The molecule has 0 N–H and O–H groups in total. The molecule has 0 spiro atoms. The number of hydrogen-bond donors (Lipinski definition) is 0. The third-order valence-electron chi connectivity index (χ3n) is 10.6. The Bertz CT molecular complexity index is 2940. The van der Waals surface area contributed by atoms with E-state index >= 15 is 0 Å². The zero-order valence-electron chi connectivity index (χ0n) is 29.2. The molecule has 0 radical (unpaired) electrons. The highest BCUT2D eigenvalue weighted by molar-refractivity contribution is 6.21. The lowest BCUT2D eigenvalue weighted by Gasteiger charge is -2.26. The summed E-state index contributed by atoms with van der Waals surface area (Å²) in [6.45, 7) is 0. The van der Waals surface area contributed by atoms with Crippen LogP contribution in [0.4, 0.5) is 17.1 Å². The molecule has 0 unspecified atom stereocenters. The van der Waals surface area contributed by atoms with Gasteiger partial charge in [-0.05, 0) is 119 Å². The van der Waals surface area contributed by atoms with Crippen LogP contribution in [0.1, 0.15) is 0 Å². The van der Waals surface area contributed by atoms with Crippen LogP contribution in [0, 0.1) is 0 Å². The fourth-order valence-electron chi connectivity index (χ4n) is 8.16. The average Bonchev–Trinajstić information content (AvgIpc) is 3.24. The van der Waals surface area contributed by atoms with E-state index in [0.717, 1.165) is 17.1 Å². The summed E-state index contributed by atoms with van der Waals surface area (Å²) in [5.74, 6) is 0. The molecule has 0 aliphatic carbocycles. The van der Waals surface area contributed by atoms with Crippen LogP contribution in [-0.4, -0.2) is 0 Å². The number of nitrogens with zero attached hydrogens (tertiary/aromatic N) is 1. The summed E-state index contributed by atoms with van der Waals surface area (Å²) in [5, 5.41) is 10.2. The van der Waals surface area contributed by atoms with Gasteiger partial charge < -0.3 is 4.90 Å². The van der Waals surface area contributed by atoms with Crippen LogP contribution in [0.15, 0.2) is 212 Å². The topological polar surface area (TPSA) is 3.24 Å². The number of benzene rings is 10.